The quantitative estimate of drug-likeness (QED) is 0.651. The molecule has 1 aromatic heterocycles. The van der Waals surface area contributed by atoms with Crippen molar-refractivity contribution < 1.29 is 9.66 Å². The molecule has 0 bridgehead atoms. The molecule has 1 fully saturated rings. The van der Waals surface area contributed by atoms with Gasteiger partial charge in [-0.25, -0.2) is 0 Å². The third-order valence-corrected chi connectivity index (χ3v) is 3.63. The summed E-state index contributed by atoms with van der Waals surface area (Å²) in [6.45, 7) is 1.34. The number of rotatable bonds is 5. The molecule has 0 aromatic carbocycles. The molecule has 2 rings (SSSR count). The Bertz CT molecular complexity index is 479. The van der Waals surface area contributed by atoms with E-state index in [0.717, 1.165) is 32.2 Å². The molecular formula is C13H20N4O3. The van der Waals surface area contributed by atoms with Crippen LogP contribution in [0.15, 0.2) is 12.1 Å². The first-order valence-corrected chi connectivity index (χ1v) is 6.83. The van der Waals surface area contributed by atoms with E-state index in [1.54, 1.807) is 0 Å². The number of nitro groups is 1. The maximum atomic E-state index is 11.2. The Morgan fingerprint density at radius 3 is 3.00 bits per heavy atom. The number of nitrogens with two attached hydrogens (primary N) is 1. The average Bonchev–Trinajstić information content (AvgIpc) is 2.47. The minimum atomic E-state index is -0.393. The predicted octanol–water partition coefficient (Wildman–Crippen LogP) is 1.71. The molecule has 20 heavy (non-hydrogen) atoms. The van der Waals surface area contributed by atoms with Gasteiger partial charge in [0.25, 0.3) is 0 Å². The topological polar surface area (TPSA) is 94.5 Å². The summed E-state index contributed by atoms with van der Waals surface area (Å²) in [6, 6.07) is 3.19. The van der Waals surface area contributed by atoms with Crippen LogP contribution < -0.4 is 15.4 Å². The van der Waals surface area contributed by atoms with Gasteiger partial charge in [-0.05, 0) is 32.2 Å². The summed E-state index contributed by atoms with van der Waals surface area (Å²) in [5.41, 5.74) is 5.67. The molecule has 0 saturated carbocycles. The molecule has 7 nitrogen and oxygen atoms in total. The number of anilines is 1. The monoisotopic (exact) mass is 280 g/mol. The van der Waals surface area contributed by atoms with Crippen LogP contribution in [0.4, 0.5) is 11.5 Å². The summed E-state index contributed by atoms with van der Waals surface area (Å²) in [6.07, 6.45) is 3.94. The fourth-order valence-electron chi connectivity index (χ4n) is 2.66. The van der Waals surface area contributed by atoms with Crippen LogP contribution in [0.1, 0.15) is 25.7 Å². The summed E-state index contributed by atoms with van der Waals surface area (Å²) >= 11 is 0. The first kappa shape index (κ1) is 14.5. The molecule has 2 heterocycles. The fraction of sp³-hybridized carbons (Fsp3) is 0.615. The van der Waals surface area contributed by atoms with Gasteiger partial charge in [0.2, 0.25) is 11.7 Å². The van der Waals surface area contributed by atoms with Crippen molar-refractivity contribution in [3.63, 3.8) is 0 Å². The Hall–Kier alpha value is -1.89. The highest BCUT2D eigenvalue weighted by Crippen LogP contribution is 2.33. The van der Waals surface area contributed by atoms with E-state index in [1.807, 2.05) is 4.90 Å². The molecular weight excluding hydrogens is 260 g/mol. The smallest absolute Gasteiger partial charge is 0.311 e. The first-order chi connectivity index (χ1) is 9.67. The van der Waals surface area contributed by atoms with E-state index in [2.05, 4.69) is 4.98 Å². The van der Waals surface area contributed by atoms with Gasteiger partial charge >= 0.3 is 5.69 Å². The highest BCUT2D eigenvalue weighted by molar-refractivity contribution is 5.59. The Balaban J connectivity index is 2.39. The molecule has 1 aromatic rings. The van der Waals surface area contributed by atoms with Crippen molar-refractivity contribution >= 4 is 11.5 Å². The van der Waals surface area contributed by atoms with Gasteiger partial charge in [0.05, 0.1) is 12.0 Å². The van der Waals surface area contributed by atoms with Crippen molar-refractivity contribution in [3.8, 4) is 5.88 Å². The van der Waals surface area contributed by atoms with E-state index in [4.69, 9.17) is 10.5 Å². The number of ether oxygens (including phenoxy) is 1. The van der Waals surface area contributed by atoms with Gasteiger partial charge in [-0.1, -0.05) is 0 Å². The Morgan fingerprint density at radius 2 is 2.35 bits per heavy atom. The van der Waals surface area contributed by atoms with E-state index < -0.39 is 4.92 Å². The Kier molecular flexibility index (Phi) is 4.73. The number of methoxy groups -OCH3 is 1. The highest BCUT2D eigenvalue weighted by Gasteiger charge is 2.29. The summed E-state index contributed by atoms with van der Waals surface area (Å²) in [4.78, 5) is 17.1. The zero-order valence-electron chi connectivity index (χ0n) is 11.6. The molecule has 7 heteroatoms. The van der Waals surface area contributed by atoms with Gasteiger partial charge in [-0.3, -0.25) is 10.1 Å². The van der Waals surface area contributed by atoms with Gasteiger partial charge in [-0.15, -0.1) is 0 Å². The second kappa shape index (κ2) is 6.51. The average molecular weight is 280 g/mol. The van der Waals surface area contributed by atoms with Gasteiger partial charge in [0.1, 0.15) is 0 Å². The van der Waals surface area contributed by atoms with Crippen LogP contribution in [0.5, 0.6) is 5.88 Å². The largest absolute Gasteiger partial charge is 0.481 e. The van der Waals surface area contributed by atoms with Crippen molar-refractivity contribution in [1.82, 2.24) is 4.98 Å². The lowest BCUT2D eigenvalue weighted by atomic mass is 9.99. The summed E-state index contributed by atoms with van der Waals surface area (Å²) in [5.74, 6) is 0.787. The van der Waals surface area contributed by atoms with E-state index in [0.29, 0.717) is 18.2 Å². The molecule has 1 aliphatic rings. The molecule has 0 aliphatic carbocycles. The molecule has 2 N–H and O–H groups in total. The van der Waals surface area contributed by atoms with Gasteiger partial charge in [0, 0.05) is 24.7 Å². The third-order valence-electron chi connectivity index (χ3n) is 3.63. The van der Waals surface area contributed by atoms with Gasteiger partial charge in [0.15, 0.2) is 0 Å². The zero-order valence-corrected chi connectivity index (χ0v) is 11.6. The van der Waals surface area contributed by atoms with E-state index in [1.165, 1.54) is 19.2 Å². The van der Waals surface area contributed by atoms with Crippen LogP contribution in [0.2, 0.25) is 0 Å². The number of pyridine rings is 1. The number of hydrogen-bond donors (Lipinski definition) is 1. The van der Waals surface area contributed by atoms with E-state index >= 15 is 0 Å². The second-order valence-electron chi connectivity index (χ2n) is 4.87. The van der Waals surface area contributed by atoms with Crippen molar-refractivity contribution in [2.45, 2.75) is 31.7 Å². The van der Waals surface area contributed by atoms with Crippen LogP contribution in [0.25, 0.3) is 0 Å². The SMILES string of the molecule is COc1ccc([N+](=O)[O-])c(N2CCCCC2CCN)n1. The maximum Gasteiger partial charge on any atom is 0.311 e. The molecule has 1 unspecified atom stereocenters. The number of hydrogen-bond acceptors (Lipinski definition) is 6. The molecule has 1 atom stereocenters. The maximum absolute atomic E-state index is 11.2. The zero-order chi connectivity index (χ0) is 14.5. The van der Waals surface area contributed by atoms with Crippen LogP contribution in [0.3, 0.4) is 0 Å². The van der Waals surface area contributed by atoms with E-state index in [-0.39, 0.29) is 11.7 Å². The van der Waals surface area contributed by atoms with Crippen LogP contribution >= 0.6 is 0 Å². The van der Waals surface area contributed by atoms with Gasteiger partial charge < -0.3 is 15.4 Å². The summed E-state index contributed by atoms with van der Waals surface area (Å²) in [7, 11) is 1.51. The second-order valence-corrected chi connectivity index (χ2v) is 4.87. The normalized spacial score (nSPS) is 18.9. The van der Waals surface area contributed by atoms with Crippen LogP contribution in [0, 0.1) is 10.1 Å². The molecule has 1 aliphatic heterocycles. The van der Waals surface area contributed by atoms with Crippen LogP contribution in [-0.2, 0) is 0 Å². The highest BCUT2D eigenvalue weighted by atomic mass is 16.6. The Morgan fingerprint density at radius 1 is 1.55 bits per heavy atom. The molecule has 110 valence electrons. The summed E-state index contributed by atoms with van der Waals surface area (Å²) < 4.78 is 5.09. The van der Waals surface area contributed by atoms with E-state index in [9.17, 15) is 10.1 Å². The van der Waals surface area contributed by atoms with Crippen molar-refractivity contribution in [2.24, 2.45) is 5.73 Å². The van der Waals surface area contributed by atoms with Crippen molar-refractivity contribution in [2.75, 3.05) is 25.1 Å². The standard InChI is InChI=1S/C13H20N4O3/c1-20-12-6-5-11(17(18)19)13(15-12)16-9-3-2-4-10(16)7-8-14/h5-6,10H,2-4,7-9,14H2,1H3. The van der Waals surface area contributed by atoms with Crippen molar-refractivity contribution in [1.29, 1.82) is 0 Å². The van der Waals surface area contributed by atoms with Crippen molar-refractivity contribution in [3.05, 3.63) is 22.2 Å². The Labute approximate surface area is 117 Å². The van der Waals surface area contributed by atoms with Gasteiger partial charge in [-0.2, -0.15) is 4.98 Å². The molecule has 0 amide bonds. The number of nitrogens with zero attached hydrogens (tertiary/aromatic N) is 3. The predicted molar refractivity (Wildman–Crippen MR) is 76.1 cm³/mol. The third kappa shape index (κ3) is 2.98. The lowest BCUT2D eigenvalue weighted by Gasteiger charge is -2.36. The minimum absolute atomic E-state index is 0.0229. The fourth-order valence-corrected chi connectivity index (χ4v) is 2.66. The number of aromatic nitrogens is 1. The summed E-state index contributed by atoms with van der Waals surface area (Å²) in [5, 5.41) is 11.2. The lowest BCUT2D eigenvalue weighted by Crippen LogP contribution is -2.41. The van der Waals surface area contributed by atoms with Crippen LogP contribution in [-0.4, -0.2) is 36.1 Å². The molecule has 1 saturated heterocycles. The molecule has 0 spiro atoms. The minimum Gasteiger partial charge on any atom is -0.481 e. The molecule has 0 radical (unpaired) electrons. The lowest BCUT2D eigenvalue weighted by molar-refractivity contribution is -0.384. The number of piperidine rings is 1. The first-order valence-electron chi connectivity index (χ1n) is 6.83.